The Bertz CT molecular complexity index is 2120. The topological polar surface area (TPSA) is 237 Å². The quantitative estimate of drug-likeness (QED) is 0.0663. The number of H-pyrrole nitrogens is 1. The van der Waals surface area contributed by atoms with Gasteiger partial charge in [0, 0.05) is 30.5 Å². The Morgan fingerprint density at radius 1 is 1.05 bits per heavy atom. The van der Waals surface area contributed by atoms with Gasteiger partial charge in [0.2, 0.25) is 5.88 Å². The Hall–Kier alpha value is -2.01. The summed E-state index contributed by atoms with van der Waals surface area (Å²) < 4.78 is 68.7. The summed E-state index contributed by atoms with van der Waals surface area (Å²) in [7, 11) is -6.98. The van der Waals surface area contributed by atoms with E-state index in [1.807, 2.05) is 55.4 Å². The van der Waals surface area contributed by atoms with Crippen LogP contribution in [0.2, 0.25) is 22.2 Å². The second kappa shape index (κ2) is 19.4. The highest BCUT2D eigenvalue weighted by Crippen LogP contribution is 2.61. The van der Waals surface area contributed by atoms with Gasteiger partial charge in [-0.1, -0.05) is 72.9 Å². The van der Waals surface area contributed by atoms with Crippen LogP contribution in [0.1, 0.15) is 87.1 Å². The van der Waals surface area contributed by atoms with Crippen molar-refractivity contribution >= 4 is 65.9 Å². The summed E-state index contributed by atoms with van der Waals surface area (Å²) in [5, 5.41) is 18.1. The Morgan fingerprint density at radius 3 is 2.42 bits per heavy atom. The first-order valence-electron chi connectivity index (χ1n) is 20.2. The van der Waals surface area contributed by atoms with E-state index in [4.69, 9.17) is 47.7 Å². The highest BCUT2D eigenvalue weighted by molar-refractivity contribution is 8.44. The third kappa shape index (κ3) is 10.3. The maximum atomic E-state index is 14.3. The van der Waals surface area contributed by atoms with Crippen LogP contribution in [0.25, 0.3) is 11.2 Å². The highest BCUT2D eigenvalue weighted by atomic mass is 32.7. The van der Waals surface area contributed by atoms with Crippen LogP contribution in [0.3, 0.4) is 0 Å². The summed E-state index contributed by atoms with van der Waals surface area (Å²) in [5.41, 5.74) is -1.03. The Balaban J connectivity index is 1.47. The molecule has 2 aliphatic carbocycles. The average molecular weight is 947 g/mol. The second-order valence-corrected chi connectivity index (χ2v) is 31.2. The molecule has 3 aromatic rings. The summed E-state index contributed by atoms with van der Waals surface area (Å²) in [6.45, 7) is 7.68. The number of thiol groups is 1. The van der Waals surface area contributed by atoms with Gasteiger partial charge in [-0.25, -0.2) is 24.2 Å². The zero-order valence-electron chi connectivity index (χ0n) is 35.0. The number of fused-ring (bicyclic) bond motifs is 4. The number of ether oxygens (including phenoxy) is 1. The van der Waals surface area contributed by atoms with Gasteiger partial charge in [0.15, 0.2) is 11.2 Å². The minimum absolute atomic E-state index is 0.00103. The van der Waals surface area contributed by atoms with E-state index in [-0.39, 0.29) is 66.0 Å². The molecule has 19 nitrogen and oxygen atoms in total. The smallest absolute Gasteiger partial charge is 0.386 e. The van der Waals surface area contributed by atoms with Crippen molar-refractivity contribution in [1.82, 2.24) is 34.9 Å². The van der Waals surface area contributed by atoms with E-state index in [9.17, 15) is 19.4 Å². The van der Waals surface area contributed by atoms with Crippen LogP contribution in [0, 0.1) is 23.2 Å². The van der Waals surface area contributed by atoms with Crippen molar-refractivity contribution in [2.45, 2.75) is 134 Å². The second-order valence-electron chi connectivity index (χ2n) is 16.8. The number of hydrogen-bond donors (Lipinski definition) is 3. The monoisotopic (exact) mass is 946 g/mol. The minimum atomic E-state index is -4.09. The molecule has 2 N–H and O–H groups in total. The van der Waals surface area contributed by atoms with E-state index in [2.05, 4.69) is 48.6 Å². The zero-order chi connectivity index (χ0) is 43.6. The fraction of sp³-hybridized carbons (Fsp3) is 0.743. The number of hydrogen-bond acceptors (Lipinski definition) is 18. The van der Waals surface area contributed by atoms with Crippen molar-refractivity contribution in [2.24, 2.45) is 11.8 Å². The molecule has 332 valence electrons. The molecule has 0 radical (unpaired) electrons. The lowest BCUT2D eigenvalue weighted by molar-refractivity contribution is -0.0101. The van der Waals surface area contributed by atoms with Gasteiger partial charge in [-0.3, -0.25) is 9.32 Å². The summed E-state index contributed by atoms with van der Waals surface area (Å²) >= 11 is 10.7. The standard InChI is InChI=1S/C35H56N8O11P2S2Si2/c1-21(2)59(46,22(3)4)54-60(23(5)6,24(7)8)53-32-26-15-28(43-34-31(41-42-43)35(44)40-20-39-34)33(32)52-56(58,47-13-9-11-36)49-17-25-14-27(50-30-10-12-37-19-38-30)16-29(25)51-55(45,57)48-18-26/h10,12,19-29,32-33,46H,9,13-18H2,1-8H3,(H,45,57)(H,39,40,44)/t25-,26?,27-,28-,29+,32-,33+,55+,56-/m1/s1. The van der Waals surface area contributed by atoms with Crippen LogP contribution in [0.5, 0.6) is 5.88 Å². The number of rotatable bonds is 14. The van der Waals surface area contributed by atoms with Gasteiger partial charge in [-0.2, -0.15) is 5.26 Å². The van der Waals surface area contributed by atoms with Crippen molar-refractivity contribution in [3.05, 3.63) is 35.3 Å². The first-order valence-corrected chi connectivity index (χ1v) is 29.5. The fourth-order valence-electron chi connectivity index (χ4n) is 8.32. The van der Waals surface area contributed by atoms with Crippen molar-refractivity contribution < 1.29 is 45.3 Å². The lowest BCUT2D eigenvalue weighted by Gasteiger charge is -2.48. The van der Waals surface area contributed by atoms with Crippen molar-refractivity contribution in [3.8, 4) is 11.9 Å². The largest absolute Gasteiger partial charge is 0.474 e. The van der Waals surface area contributed by atoms with Gasteiger partial charge < -0.3 is 41.2 Å². The van der Waals surface area contributed by atoms with Gasteiger partial charge >= 0.3 is 30.6 Å². The van der Waals surface area contributed by atoms with E-state index >= 15 is 0 Å². The SMILES string of the molecule is CC(C)[Si](O)(O[Si](O[C@@H]1C2CO[P@](=O)(S)O[C@H]3C[C@H](Oc4ccncn4)C[C@@H]3CO[P@](=S)(OCCC#N)O[C@H]1[C@H](n1nnc3c(=O)[nH]cnc31)C2)(C(C)C)C(C)C)C(C)C. The molecule has 4 heterocycles. The molecule has 1 unspecified atom stereocenters. The predicted molar refractivity (Wildman–Crippen MR) is 231 cm³/mol. The van der Waals surface area contributed by atoms with Gasteiger partial charge in [0.1, 0.15) is 18.5 Å². The van der Waals surface area contributed by atoms with Crippen LogP contribution in [-0.4, -0.2) is 101 Å². The molecule has 3 aromatic heterocycles. The molecular weight excluding hydrogens is 891 g/mol. The van der Waals surface area contributed by atoms with Gasteiger partial charge in [-0.05, 0) is 46.8 Å². The van der Waals surface area contributed by atoms with Crippen LogP contribution in [0.15, 0.2) is 29.7 Å². The highest BCUT2D eigenvalue weighted by Gasteiger charge is 2.60. The van der Waals surface area contributed by atoms with E-state index in [0.29, 0.717) is 18.7 Å². The van der Waals surface area contributed by atoms with Crippen LogP contribution in [-0.2, 0) is 47.5 Å². The average Bonchev–Trinajstić information content (AvgIpc) is 3.88. The van der Waals surface area contributed by atoms with Gasteiger partial charge in [0.25, 0.3) is 5.56 Å². The molecule has 1 saturated heterocycles. The summed E-state index contributed by atoms with van der Waals surface area (Å²) in [6.07, 6.45) is 2.04. The van der Waals surface area contributed by atoms with Crippen LogP contribution < -0.4 is 10.3 Å². The number of nitriles is 1. The van der Waals surface area contributed by atoms with E-state index < -0.39 is 78.5 Å². The molecule has 60 heavy (non-hydrogen) atoms. The molecule has 2 bridgehead atoms. The predicted octanol–water partition coefficient (Wildman–Crippen LogP) is 6.65. The summed E-state index contributed by atoms with van der Waals surface area (Å²) in [4.78, 5) is 40.3. The molecule has 2 saturated carbocycles. The lowest BCUT2D eigenvalue weighted by atomic mass is 10.1. The van der Waals surface area contributed by atoms with Crippen LogP contribution in [0.4, 0.5) is 0 Å². The molecule has 25 heteroatoms. The van der Waals surface area contributed by atoms with Gasteiger partial charge in [-0.15, -0.1) is 5.10 Å². The number of nitrogens with one attached hydrogen (secondary N) is 1. The maximum absolute atomic E-state index is 14.3. The van der Waals surface area contributed by atoms with Crippen molar-refractivity contribution in [2.75, 3.05) is 19.8 Å². The number of aromatic amines is 1. The molecule has 0 spiro atoms. The van der Waals surface area contributed by atoms with Gasteiger partial charge in [0.05, 0.1) is 56.9 Å². The van der Waals surface area contributed by atoms with E-state index in [1.165, 1.54) is 17.3 Å². The Labute approximate surface area is 362 Å². The Morgan fingerprint density at radius 2 is 1.77 bits per heavy atom. The first kappa shape index (κ1) is 47.5. The number of aromatic nitrogens is 7. The molecule has 0 aromatic carbocycles. The Kier molecular flexibility index (Phi) is 15.3. The molecule has 9 atom stereocenters. The van der Waals surface area contributed by atoms with Crippen molar-refractivity contribution in [1.29, 1.82) is 5.26 Å². The van der Waals surface area contributed by atoms with E-state index in [1.54, 1.807) is 12.3 Å². The lowest BCUT2D eigenvalue weighted by Crippen LogP contribution is -2.62. The molecular formula is C35H56N8O11P2S2Si2. The molecule has 3 aliphatic rings. The third-order valence-corrected chi connectivity index (χ3v) is 25.3. The first-order chi connectivity index (χ1) is 28.3. The molecule has 0 amide bonds. The molecule has 3 fully saturated rings. The summed E-state index contributed by atoms with van der Waals surface area (Å²) in [6, 6.07) is 2.94. The van der Waals surface area contributed by atoms with Crippen LogP contribution >= 0.6 is 25.8 Å². The summed E-state index contributed by atoms with van der Waals surface area (Å²) in [5.74, 6) is -0.696. The minimum Gasteiger partial charge on any atom is -0.474 e. The van der Waals surface area contributed by atoms with Crippen molar-refractivity contribution in [3.63, 3.8) is 0 Å². The molecule has 1 aliphatic heterocycles. The van der Waals surface area contributed by atoms with E-state index in [0.717, 1.165) is 0 Å². The maximum Gasteiger partial charge on any atom is 0.386 e. The number of nitrogens with zero attached hydrogens (tertiary/aromatic N) is 7. The zero-order valence-corrected chi connectivity index (χ0v) is 40.5. The molecule has 6 rings (SSSR count). The third-order valence-electron chi connectivity index (χ3n) is 11.5. The normalized spacial score (nSPS) is 30.6. The fourth-order valence-corrected chi connectivity index (χ4v) is 22.0.